The lowest BCUT2D eigenvalue weighted by atomic mass is 10.3. The van der Waals surface area contributed by atoms with Gasteiger partial charge in [-0.3, -0.25) is 10.2 Å². The fraction of sp³-hybridized carbons (Fsp3) is 0.583. The van der Waals surface area contributed by atoms with Crippen molar-refractivity contribution in [2.75, 3.05) is 34.2 Å². The van der Waals surface area contributed by atoms with E-state index in [9.17, 15) is 4.79 Å². The molecule has 0 bridgehead atoms. The number of nitrogens with one attached hydrogen (secondary N) is 2. The van der Waals surface area contributed by atoms with E-state index in [4.69, 9.17) is 5.41 Å². The van der Waals surface area contributed by atoms with Crippen LogP contribution in [0.2, 0.25) is 0 Å². The van der Waals surface area contributed by atoms with Gasteiger partial charge in [0.05, 0.1) is 0 Å². The summed E-state index contributed by atoms with van der Waals surface area (Å²) < 4.78 is 0. The largest absolute Gasteiger partial charge is 0.378 e. The van der Waals surface area contributed by atoms with Gasteiger partial charge in [0.2, 0.25) is 5.91 Å². The van der Waals surface area contributed by atoms with Crippen LogP contribution >= 0.6 is 0 Å². The maximum absolute atomic E-state index is 11.1. The highest BCUT2D eigenvalue weighted by molar-refractivity contribution is 6.01. The van der Waals surface area contributed by atoms with Gasteiger partial charge in [-0.1, -0.05) is 0 Å². The van der Waals surface area contributed by atoms with Crippen LogP contribution in [0.4, 0.5) is 0 Å². The van der Waals surface area contributed by atoms with Crippen LogP contribution in [0.5, 0.6) is 0 Å². The average Bonchev–Trinajstić information content (AvgIpc) is 2.32. The predicted molar refractivity (Wildman–Crippen MR) is 75.0 cm³/mol. The minimum atomic E-state index is 0.0605. The Balaban J connectivity index is 4.44. The number of likely N-dealkylation sites (N-methyl/N-ethyl adjacent to an activating group) is 3. The first-order valence-electron chi connectivity index (χ1n) is 5.77. The zero-order chi connectivity index (χ0) is 14.1. The first-order valence-corrected chi connectivity index (χ1v) is 5.77. The number of hydrogen-bond donors (Lipinski definition) is 2. The Bertz CT molecular complexity index is 348. The van der Waals surface area contributed by atoms with Crippen molar-refractivity contribution in [2.45, 2.75) is 13.8 Å². The summed E-state index contributed by atoms with van der Waals surface area (Å²) in [5, 5.41) is 9.89. The highest BCUT2D eigenvalue weighted by Crippen LogP contribution is 1.98. The Morgan fingerprint density at radius 1 is 1.33 bits per heavy atom. The van der Waals surface area contributed by atoms with Gasteiger partial charge in [0, 0.05) is 52.9 Å². The lowest BCUT2D eigenvalue weighted by Gasteiger charge is -2.20. The molecule has 0 fully saturated rings. The summed E-state index contributed by atoms with van der Waals surface area (Å²) in [5.74, 6) is 0.724. The molecule has 0 aromatic carbocycles. The van der Waals surface area contributed by atoms with Gasteiger partial charge < -0.3 is 15.1 Å². The molecule has 1 amide bonds. The molecular formula is C12H23N5O. The van der Waals surface area contributed by atoms with E-state index in [1.807, 2.05) is 25.1 Å². The van der Waals surface area contributed by atoms with E-state index < -0.39 is 0 Å². The molecule has 0 aromatic heterocycles. The van der Waals surface area contributed by atoms with Crippen LogP contribution in [0.3, 0.4) is 0 Å². The topological polar surface area (TPSA) is 71.8 Å². The zero-order valence-corrected chi connectivity index (χ0v) is 11.8. The highest BCUT2D eigenvalue weighted by atomic mass is 16.2. The van der Waals surface area contributed by atoms with Crippen molar-refractivity contribution in [1.82, 2.24) is 15.1 Å². The second kappa shape index (κ2) is 8.27. The molecule has 0 aliphatic rings. The van der Waals surface area contributed by atoms with Crippen LogP contribution < -0.4 is 5.32 Å². The van der Waals surface area contributed by atoms with E-state index in [1.54, 1.807) is 25.9 Å². The first kappa shape index (κ1) is 16.1. The first-order chi connectivity index (χ1) is 8.42. The van der Waals surface area contributed by atoms with Crippen LogP contribution in [-0.4, -0.2) is 62.1 Å². The number of aliphatic imine (C=N–C) groups is 1. The predicted octanol–water partition coefficient (Wildman–Crippen LogP) is 0.525. The minimum absolute atomic E-state index is 0.0605. The number of nitrogens with zero attached hydrogens (tertiary/aromatic N) is 3. The molecule has 0 spiro atoms. The van der Waals surface area contributed by atoms with E-state index in [0.717, 1.165) is 18.5 Å². The van der Waals surface area contributed by atoms with Gasteiger partial charge in [0.15, 0.2) is 0 Å². The third kappa shape index (κ3) is 6.03. The summed E-state index contributed by atoms with van der Waals surface area (Å²) in [6.07, 6.45) is 2.94. The van der Waals surface area contributed by atoms with Crippen LogP contribution in [0.15, 0.2) is 16.8 Å². The maximum atomic E-state index is 11.1. The third-order valence-electron chi connectivity index (χ3n) is 2.54. The lowest BCUT2D eigenvalue weighted by molar-refractivity contribution is -0.127. The summed E-state index contributed by atoms with van der Waals surface area (Å²) in [6, 6.07) is 0. The van der Waals surface area contributed by atoms with Crippen LogP contribution in [0, 0.1) is 5.41 Å². The molecule has 0 rings (SSSR count). The van der Waals surface area contributed by atoms with Gasteiger partial charge in [-0.2, -0.15) is 0 Å². The van der Waals surface area contributed by atoms with Gasteiger partial charge in [0.25, 0.3) is 0 Å². The zero-order valence-electron chi connectivity index (χ0n) is 11.8. The molecule has 0 aliphatic carbocycles. The smallest absolute Gasteiger partial charge is 0.219 e. The summed E-state index contributed by atoms with van der Waals surface area (Å²) in [4.78, 5) is 18.6. The average molecular weight is 253 g/mol. The SMILES string of the molecule is CNC(=N/C=N)/C(C)=C/N(C)CCN(C)C(C)=O. The molecule has 0 saturated heterocycles. The van der Waals surface area contributed by atoms with Crippen molar-refractivity contribution < 1.29 is 4.79 Å². The summed E-state index contributed by atoms with van der Waals surface area (Å²) in [5.41, 5.74) is 0.939. The van der Waals surface area contributed by atoms with Gasteiger partial charge >= 0.3 is 0 Å². The van der Waals surface area contributed by atoms with Crippen molar-refractivity contribution >= 4 is 18.1 Å². The summed E-state index contributed by atoms with van der Waals surface area (Å²) in [6.45, 7) is 4.89. The molecule has 0 aliphatic heterocycles. The second-order valence-electron chi connectivity index (χ2n) is 4.09. The molecule has 0 aromatic rings. The van der Waals surface area contributed by atoms with Crippen molar-refractivity contribution in [3.8, 4) is 0 Å². The number of amides is 1. The van der Waals surface area contributed by atoms with E-state index in [2.05, 4.69) is 10.3 Å². The fourth-order valence-electron chi connectivity index (χ4n) is 1.35. The van der Waals surface area contributed by atoms with Crippen molar-refractivity contribution in [3.63, 3.8) is 0 Å². The van der Waals surface area contributed by atoms with Gasteiger partial charge in [0.1, 0.15) is 12.2 Å². The fourth-order valence-corrected chi connectivity index (χ4v) is 1.35. The molecule has 6 nitrogen and oxygen atoms in total. The summed E-state index contributed by atoms with van der Waals surface area (Å²) >= 11 is 0. The number of rotatable bonds is 6. The Hall–Kier alpha value is -1.85. The normalized spacial score (nSPS) is 12.1. The molecule has 6 heteroatoms. The third-order valence-corrected chi connectivity index (χ3v) is 2.54. The van der Waals surface area contributed by atoms with Crippen LogP contribution in [0.1, 0.15) is 13.8 Å². The molecule has 102 valence electrons. The van der Waals surface area contributed by atoms with Gasteiger partial charge in [-0.25, -0.2) is 4.99 Å². The van der Waals surface area contributed by atoms with Gasteiger partial charge in [-0.05, 0) is 6.92 Å². The molecule has 0 atom stereocenters. The van der Waals surface area contributed by atoms with E-state index in [1.165, 1.54) is 0 Å². The van der Waals surface area contributed by atoms with Crippen LogP contribution in [0.25, 0.3) is 0 Å². The monoisotopic (exact) mass is 253 g/mol. The van der Waals surface area contributed by atoms with Crippen molar-refractivity contribution in [3.05, 3.63) is 11.8 Å². The molecule has 0 heterocycles. The van der Waals surface area contributed by atoms with Gasteiger partial charge in [-0.15, -0.1) is 0 Å². The number of hydrogen-bond acceptors (Lipinski definition) is 3. The minimum Gasteiger partial charge on any atom is -0.378 e. The molecule has 0 saturated carbocycles. The van der Waals surface area contributed by atoms with Crippen LogP contribution in [-0.2, 0) is 4.79 Å². The molecule has 18 heavy (non-hydrogen) atoms. The maximum Gasteiger partial charge on any atom is 0.219 e. The Morgan fingerprint density at radius 3 is 2.39 bits per heavy atom. The number of carbonyl (C=O) groups excluding carboxylic acids is 1. The number of carbonyl (C=O) groups is 1. The highest BCUT2D eigenvalue weighted by Gasteiger charge is 2.04. The van der Waals surface area contributed by atoms with E-state index in [-0.39, 0.29) is 5.91 Å². The summed E-state index contributed by atoms with van der Waals surface area (Å²) in [7, 11) is 5.49. The van der Waals surface area contributed by atoms with E-state index >= 15 is 0 Å². The number of amidine groups is 1. The standard InChI is InChI=1S/C12H23N5O/c1-10(12(14-3)15-9-13)8-16(4)6-7-17(5)11(2)18/h8-9H,6-7H2,1-5H3,(H2,13,14,15)/b10-8+. The Kier molecular flexibility index (Phi) is 7.42. The Morgan fingerprint density at radius 2 is 1.94 bits per heavy atom. The lowest BCUT2D eigenvalue weighted by Crippen LogP contribution is -2.32. The quantitative estimate of drug-likeness (QED) is 0.535. The molecule has 2 N–H and O–H groups in total. The van der Waals surface area contributed by atoms with Crippen molar-refractivity contribution in [1.29, 1.82) is 5.41 Å². The second-order valence-corrected chi connectivity index (χ2v) is 4.09. The van der Waals surface area contributed by atoms with Crippen molar-refractivity contribution in [2.24, 2.45) is 4.99 Å². The molecule has 0 radical (unpaired) electrons. The molecule has 0 unspecified atom stereocenters. The Labute approximate surface area is 109 Å². The van der Waals surface area contributed by atoms with E-state index in [0.29, 0.717) is 12.4 Å². The molecular weight excluding hydrogens is 230 g/mol.